The number of hydrogen-bond acceptors (Lipinski definition) is 4. The first kappa shape index (κ1) is 29.8. The lowest BCUT2D eigenvalue weighted by molar-refractivity contribution is -0.133. The van der Waals surface area contributed by atoms with Crippen LogP contribution in [0.2, 0.25) is 0 Å². The maximum Gasteiger partial charge on any atom is 0.244 e. The van der Waals surface area contributed by atoms with Gasteiger partial charge >= 0.3 is 0 Å². The fourth-order valence-electron chi connectivity index (χ4n) is 4.05. The number of likely N-dealkylation sites (N-methyl/N-ethyl adjacent to an activating group) is 1. The molecule has 4 amide bonds. The van der Waals surface area contributed by atoms with E-state index in [4.69, 9.17) is 0 Å². The lowest BCUT2D eigenvalue weighted by Crippen LogP contribution is -2.57. The van der Waals surface area contributed by atoms with Crippen LogP contribution < -0.4 is 21.3 Å². The van der Waals surface area contributed by atoms with E-state index in [2.05, 4.69) is 21.3 Å². The second kappa shape index (κ2) is 15.6. The summed E-state index contributed by atoms with van der Waals surface area (Å²) in [6.07, 6.45) is 3.51. The third-order valence-electron chi connectivity index (χ3n) is 6.16. The summed E-state index contributed by atoms with van der Waals surface area (Å²) >= 11 is 0. The molecule has 0 bridgehead atoms. The number of nitrogens with one attached hydrogen (secondary N) is 4. The third kappa shape index (κ3) is 9.87. The molecule has 8 nitrogen and oxygen atoms in total. The molecule has 40 heavy (non-hydrogen) atoms. The van der Waals surface area contributed by atoms with Gasteiger partial charge < -0.3 is 21.3 Å². The van der Waals surface area contributed by atoms with Gasteiger partial charge in [0, 0.05) is 25.5 Å². The van der Waals surface area contributed by atoms with Crippen LogP contribution in [0.5, 0.6) is 0 Å². The Bertz CT molecular complexity index is 1280. The maximum absolute atomic E-state index is 13.5. The van der Waals surface area contributed by atoms with Gasteiger partial charge in [0.1, 0.15) is 18.1 Å². The quantitative estimate of drug-likeness (QED) is 0.250. The van der Waals surface area contributed by atoms with E-state index in [0.717, 1.165) is 16.7 Å². The Balaban J connectivity index is 1.71. The van der Waals surface area contributed by atoms with Crippen molar-refractivity contribution in [2.45, 2.75) is 44.8 Å². The van der Waals surface area contributed by atoms with Crippen LogP contribution in [0, 0.1) is 0 Å². The number of carbonyl (C=O) groups excluding carboxylic acids is 4. The van der Waals surface area contributed by atoms with Gasteiger partial charge in [-0.2, -0.15) is 0 Å². The molecule has 0 saturated heterocycles. The van der Waals surface area contributed by atoms with Crippen molar-refractivity contribution in [2.24, 2.45) is 0 Å². The average Bonchev–Trinajstić information content (AvgIpc) is 2.97. The van der Waals surface area contributed by atoms with Gasteiger partial charge in [0.05, 0.1) is 0 Å². The zero-order valence-corrected chi connectivity index (χ0v) is 22.8. The van der Waals surface area contributed by atoms with E-state index in [-0.39, 0.29) is 12.3 Å². The lowest BCUT2D eigenvalue weighted by Gasteiger charge is -2.24. The molecule has 8 heteroatoms. The number of hydrogen-bond donors (Lipinski definition) is 4. The van der Waals surface area contributed by atoms with Gasteiger partial charge in [0.15, 0.2) is 0 Å². The highest BCUT2D eigenvalue weighted by Gasteiger charge is 2.28. The molecule has 0 heterocycles. The fraction of sp³-hybridized carbons (Fsp3) is 0.250. The van der Waals surface area contributed by atoms with Crippen molar-refractivity contribution in [1.29, 1.82) is 0 Å². The van der Waals surface area contributed by atoms with E-state index in [1.54, 1.807) is 13.0 Å². The zero-order chi connectivity index (χ0) is 28.7. The Hall–Kier alpha value is -4.72. The van der Waals surface area contributed by atoms with Gasteiger partial charge in [-0.15, -0.1) is 0 Å². The van der Waals surface area contributed by atoms with E-state index in [9.17, 15) is 19.2 Å². The molecule has 0 radical (unpaired) electrons. The predicted octanol–water partition coefficient (Wildman–Crippen LogP) is 2.80. The standard InChI is InChI=1S/C32H36N4O4/c1-3-33-31(39)27(21-25-15-9-5-10-16-25)36-32(40)28(22-26-17-11-6-12-18-26)35-30(38)23(2)34-29(37)20-19-24-13-7-4-8-14-24/h4-20,23,27-28H,3,21-22H2,1-2H3,(H,33,39)(H,34,37)(H,35,38)(H,36,40)/b20-19+. The van der Waals surface area contributed by atoms with Crippen LogP contribution in [0.1, 0.15) is 30.5 Å². The summed E-state index contributed by atoms with van der Waals surface area (Å²) in [5.41, 5.74) is 2.58. The second-order valence-corrected chi connectivity index (χ2v) is 9.37. The van der Waals surface area contributed by atoms with Crippen LogP contribution in [0.25, 0.3) is 6.08 Å². The Morgan fingerprint density at radius 2 is 1.12 bits per heavy atom. The molecule has 3 aromatic carbocycles. The molecule has 0 aliphatic rings. The molecular formula is C32H36N4O4. The van der Waals surface area contributed by atoms with Crippen molar-refractivity contribution >= 4 is 29.7 Å². The lowest BCUT2D eigenvalue weighted by atomic mass is 10.0. The van der Waals surface area contributed by atoms with Crippen LogP contribution >= 0.6 is 0 Å². The Morgan fingerprint density at radius 3 is 1.65 bits per heavy atom. The summed E-state index contributed by atoms with van der Waals surface area (Å²) in [4.78, 5) is 51.8. The van der Waals surface area contributed by atoms with Crippen molar-refractivity contribution in [1.82, 2.24) is 21.3 Å². The SMILES string of the molecule is CCNC(=O)C(Cc1ccccc1)NC(=O)C(Cc1ccccc1)NC(=O)C(C)NC(=O)/C=C/c1ccccc1. The maximum atomic E-state index is 13.5. The highest BCUT2D eigenvalue weighted by Crippen LogP contribution is 2.08. The second-order valence-electron chi connectivity index (χ2n) is 9.37. The van der Waals surface area contributed by atoms with Crippen LogP contribution in [0.4, 0.5) is 0 Å². The van der Waals surface area contributed by atoms with E-state index >= 15 is 0 Å². The van der Waals surface area contributed by atoms with E-state index in [1.807, 2.05) is 97.9 Å². The first-order valence-electron chi connectivity index (χ1n) is 13.4. The first-order valence-corrected chi connectivity index (χ1v) is 13.4. The summed E-state index contributed by atoms with van der Waals surface area (Å²) in [5.74, 6) is -1.76. The molecule has 3 atom stereocenters. The molecule has 3 unspecified atom stereocenters. The minimum atomic E-state index is -0.971. The minimum Gasteiger partial charge on any atom is -0.355 e. The topological polar surface area (TPSA) is 116 Å². The number of carbonyl (C=O) groups is 4. The molecule has 0 spiro atoms. The monoisotopic (exact) mass is 540 g/mol. The molecule has 0 aromatic heterocycles. The van der Waals surface area contributed by atoms with Crippen molar-refractivity contribution in [3.05, 3.63) is 114 Å². The summed E-state index contributed by atoms with van der Waals surface area (Å²) in [7, 11) is 0. The van der Waals surface area contributed by atoms with Gasteiger partial charge in [0.25, 0.3) is 0 Å². The third-order valence-corrected chi connectivity index (χ3v) is 6.16. The van der Waals surface area contributed by atoms with Crippen LogP contribution in [-0.4, -0.2) is 48.3 Å². The Morgan fingerprint density at radius 1 is 0.650 bits per heavy atom. The van der Waals surface area contributed by atoms with Crippen molar-refractivity contribution in [2.75, 3.05) is 6.54 Å². The van der Waals surface area contributed by atoms with Gasteiger partial charge in [0.2, 0.25) is 23.6 Å². The van der Waals surface area contributed by atoms with Crippen LogP contribution in [0.3, 0.4) is 0 Å². The smallest absolute Gasteiger partial charge is 0.244 e. The summed E-state index contributed by atoms with van der Waals surface area (Å²) in [5, 5.41) is 11.0. The molecule has 3 rings (SSSR count). The van der Waals surface area contributed by atoms with Crippen molar-refractivity contribution < 1.29 is 19.2 Å². The number of rotatable bonds is 13. The summed E-state index contributed by atoms with van der Waals surface area (Å²) < 4.78 is 0. The minimum absolute atomic E-state index is 0.209. The highest BCUT2D eigenvalue weighted by atomic mass is 16.2. The average molecular weight is 541 g/mol. The van der Waals surface area contributed by atoms with Gasteiger partial charge in [-0.1, -0.05) is 91.0 Å². The summed E-state index contributed by atoms with van der Waals surface area (Å²) in [6.45, 7) is 3.77. The van der Waals surface area contributed by atoms with E-state index < -0.39 is 35.8 Å². The zero-order valence-electron chi connectivity index (χ0n) is 22.8. The molecular weight excluding hydrogens is 504 g/mol. The molecule has 0 saturated carbocycles. The van der Waals surface area contributed by atoms with Crippen molar-refractivity contribution in [3.8, 4) is 0 Å². The van der Waals surface area contributed by atoms with E-state index in [0.29, 0.717) is 13.0 Å². The molecule has 3 aromatic rings. The van der Waals surface area contributed by atoms with Gasteiger partial charge in [-0.3, -0.25) is 19.2 Å². The van der Waals surface area contributed by atoms with Crippen molar-refractivity contribution in [3.63, 3.8) is 0 Å². The Labute approximate surface area is 235 Å². The fourth-order valence-corrected chi connectivity index (χ4v) is 4.05. The normalized spacial score (nSPS) is 13.1. The molecule has 0 aliphatic heterocycles. The molecule has 208 valence electrons. The van der Waals surface area contributed by atoms with E-state index in [1.165, 1.54) is 6.08 Å². The van der Waals surface area contributed by atoms with Crippen LogP contribution in [-0.2, 0) is 32.0 Å². The largest absolute Gasteiger partial charge is 0.355 e. The molecule has 4 N–H and O–H groups in total. The number of benzene rings is 3. The summed E-state index contributed by atoms with van der Waals surface area (Å²) in [6, 6.07) is 25.3. The first-order chi connectivity index (χ1) is 19.4. The molecule has 0 aliphatic carbocycles. The van der Waals surface area contributed by atoms with Crippen LogP contribution in [0.15, 0.2) is 97.1 Å². The highest BCUT2D eigenvalue weighted by molar-refractivity contribution is 5.97. The molecule has 0 fully saturated rings. The van der Waals surface area contributed by atoms with Gasteiger partial charge in [-0.05, 0) is 36.6 Å². The number of amides is 4. The van der Waals surface area contributed by atoms with Gasteiger partial charge in [-0.25, -0.2) is 0 Å². The Kier molecular flexibility index (Phi) is 11.7. The predicted molar refractivity (Wildman–Crippen MR) is 156 cm³/mol.